The predicted molar refractivity (Wildman–Crippen MR) is 72.4 cm³/mol. The second-order valence-electron chi connectivity index (χ2n) is 4.80. The molecule has 0 bridgehead atoms. The lowest BCUT2D eigenvalue weighted by Crippen LogP contribution is -2.19. The van der Waals surface area contributed by atoms with E-state index in [2.05, 4.69) is 15.3 Å². The smallest absolute Gasteiger partial charge is 0.182 e. The molecule has 0 fully saturated rings. The zero-order valence-corrected chi connectivity index (χ0v) is 10.8. The van der Waals surface area contributed by atoms with E-state index in [-0.39, 0.29) is 17.6 Å². The molecule has 0 spiro atoms. The van der Waals surface area contributed by atoms with E-state index in [1.54, 1.807) is 12.3 Å². The molecule has 100 valence electrons. The van der Waals surface area contributed by atoms with Crippen LogP contribution < -0.4 is 5.32 Å². The van der Waals surface area contributed by atoms with Gasteiger partial charge in [0.25, 0.3) is 0 Å². The summed E-state index contributed by atoms with van der Waals surface area (Å²) in [6.45, 7) is 0. The Morgan fingerprint density at radius 3 is 3.00 bits per heavy atom. The van der Waals surface area contributed by atoms with Crippen LogP contribution in [0.1, 0.15) is 35.7 Å². The number of hydrogen-bond acceptors (Lipinski definition) is 4. The molecule has 0 saturated carbocycles. The van der Waals surface area contributed by atoms with E-state index in [0.29, 0.717) is 5.82 Å². The van der Waals surface area contributed by atoms with Crippen molar-refractivity contribution in [1.82, 2.24) is 9.97 Å². The zero-order chi connectivity index (χ0) is 13.9. The van der Waals surface area contributed by atoms with Crippen LogP contribution in [0.5, 0.6) is 0 Å². The van der Waals surface area contributed by atoms with Gasteiger partial charge in [0.1, 0.15) is 11.9 Å². The number of fused-ring (bicyclic) bond motifs is 1. The maximum absolute atomic E-state index is 13.4. The van der Waals surface area contributed by atoms with Crippen LogP contribution >= 0.6 is 0 Å². The number of halogens is 1. The number of aromatic nitrogens is 2. The monoisotopic (exact) mass is 268 g/mol. The lowest BCUT2D eigenvalue weighted by Gasteiger charge is -2.27. The summed E-state index contributed by atoms with van der Waals surface area (Å²) in [6, 6.07) is 6.87. The van der Waals surface area contributed by atoms with Gasteiger partial charge in [-0.15, -0.1) is 0 Å². The molecule has 0 radical (unpaired) electrons. The molecule has 0 amide bonds. The summed E-state index contributed by atoms with van der Waals surface area (Å²) in [5.74, 6) is 0.217. The minimum Gasteiger partial charge on any atom is -0.361 e. The molecule has 1 aromatic carbocycles. The molecule has 5 heteroatoms. The topological polar surface area (TPSA) is 61.6 Å². The Balaban J connectivity index is 1.94. The molecular formula is C15H13FN4. The van der Waals surface area contributed by atoms with Crippen LogP contribution in [0.25, 0.3) is 0 Å². The highest BCUT2D eigenvalue weighted by Crippen LogP contribution is 2.32. The lowest BCUT2D eigenvalue weighted by molar-refractivity contribution is 0.578. The van der Waals surface area contributed by atoms with Gasteiger partial charge < -0.3 is 5.32 Å². The fourth-order valence-electron chi connectivity index (χ4n) is 2.61. The van der Waals surface area contributed by atoms with Crippen molar-refractivity contribution in [3.05, 3.63) is 53.2 Å². The van der Waals surface area contributed by atoms with Crippen molar-refractivity contribution < 1.29 is 4.39 Å². The van der Waals surface area contributed by atoms with Crippen LogP contribution in [0, 0.1) is 17.1 Å². The number of rotatable bonds is 2. The van der Waals surface area contributed by atoms with E-state index < -0.39 is 0 Å². The maximum Gasteiger partial charge on any atom is 0.182 e. The van der Waals surface area contributed by atoms with Crippen molar-refractivity contribution in [3.63, 3.8) is 0 Å². The zero-order valence-electron chi connectivity index (χ0n) is 10.8. The molecule has 1 unspecified atom stereocenters. The number of nitriles is 1. The molecule has 3 rings (SSSR count). The van der Waals surface area contributed by atoms with Gasteiger partial charge in [0.15, 0.2) is 11.5 Å². The molecule has 1 atom stereocenters. The summed E-state index contributed by atoms with van der Waals surface area (Å²) >= 11 is 0. The Morgan fingerprint density at radius 1 is 1.30 bits per heavy atom. The average molecular weight is 268 g/mol. The summed E-state index contributed by atoms with van der Waals surface area (Å²) in [4.78, 5) is 8.13. The average Bonchev–Trinajstić information content (AvgIpc) is 2.48. The van der Waals surface area contributed by atoms with Gasteiger partial charge in [-0.25, -0.2) is 14.4 Å². The van der Waals surface area contributed by atoms with Crippen LogP contribution in [0.3, 0.4) is 0 Å². The molecule has 4 nitrogen and oxygen atoms in total. The number of nitrogens with one attached hydrogen (secondary N) is 1. The third-order valence-electron chi connectivity index (χ3n) is 3.54. The van der Waals surface area contributed by atoms with Gasteiger partial charge in [-0.3, -0.25) is 0 Å². The van der Waals surface area contributed by atoms with Crippen LogP contribution in [0.15, 0.2) is 30.6 Å². The summed E-state index contributed by atoms with van der Waals surface area (Å²) in [7, 11) is 0. The van der Waals surface area contributed by atoms with E-state index in [1.807, 2.05) is 12.1 Å². The highest BCUT2D eigenvalue weighted by molar-refractivity contribution is 5.49. The Labute approximate surface area is 116 Å². The van der Waals surface area contributed by atoms with Gasteiger partial charge >= 0.3 is 0 Å². The van der Waals surface area contributed by atoms with E-state index in [9.17, 15) is 4.39 Å². The summed E-state index contributed by atoms with van der Waals surface area (Å²) in [5, 5.41) is 12.3. The van der Waals surface area contributed by atoms with Crippen LogP contribution in [0.4, 0.5) is 10.2 Å². The number of aryl methyl sites for hydroxylation is 1. The standard InChI is InChI=1S/C15H13FN4/c16-11-5-4-10-2-1-3-13(12(10)8-11)20-15-14(9-17)18-6-7-19-15/h4-8,13H,1-3H2,(H,19,20). The minimum atomic E-state index is -0.239. The van der Waals surface area contributed by atoms with E-state index >= 15 is 0 Å². The van der Waals surface area contributed by atoms with Crippen LogP contribution in [-0.2, 0) is 6.42 Å². The number of benzene rings is 1. The molecule has 0 saturated heterocycles. The highest BCUT2D eigenvalue weighted by Gasteiger charge is 2.22. The molecule has 1 aliphatic carbocycles. The van der Waals surface area contributed by atoms with Gasteiger partial charge in [-0.1, -0.05) is 6.07 Å². The normalized spacial score (nSPS) is 17.1. The molecule has 1 aromatic heterocycles. The van der Waals surface area contributed by atoms with Gasteiger partial charge in [-0.05, 0) is 42.5 Å². The summed E-state index contributed by atoms with van der Waals surface area (Å²) in [5.41, 5.74) is 2.36. The van der Waals surface area contributed by atoms with Gasteiger partial charge in [0, 0.05) is 12.4 Å². The van der Waals surface area contributed by atoms with Gasteiger partial charge in [0.05, 0.1) is 6.04 Å². The number of hydrogen-bond donors (Lipinski definition) is 1. The first kappa shape index (κ1) is 12.5. The Morgan fingerprint density at radius 2 is 2.15 bits per heavy atom. The van der Waals surface area contributed by atoms with Crippen molar-refractivity contribution in [2.45, 2.75) is 25.3 Å². The summed E-state index contributed by atoms with van der Waals surface area (Å²) < 4.78 is 13.4. The van der Waals surface area contributed by atoms with Crippen LogP contribution in [-0.4, -0.2) is 9.97 Å². The third kappa shape index (κ3) is 2.32. The lowest BCUT2D eigenvalue weighted by atomic mass is 9.87. The fraction of sp³-hybridized carbons (Fsp3) is 0.267. The Bertz CT molecular complexity index is 678. The second-order valence-corrected chi connectivity index (χ2v) is 4.80. The Kier molecular flexibility index (Phi) is 3.30. The quantitative estimate of drug-likeness (QED) is 0.909. The van der Waals surface area contributed by atoms with E-state index in [1.165, 1.54) is 12.3 Å². The molecule has 2 aromatic rings. The SMILES string of the molecule is N#Cc1nccnc1NC1CCCc2ccc(F)cc21. The largest absolute Gasteiger partial charge is 0.361 e. The maximum atomic E-state index is 13.4. The molecule has 1 heterocycles. The molecule has 1 aliphatic rings. The van der Waals surface area contributed by atoms with Crippen molar-refractivity contribution in [1.29, 1.82) is 5.26 Å². The third-order valence-corrected chi connectivity index (χ3v) is 3.54. The van der Waals surface area contributed by atoms with Gasteiger partial charge in [-0.2, -0.15) is 5.26 Å². The Hall–Kier alpha value is -2.48. The van der Waals surface area contributed by atoms with E-state index in [4.69, 9.17) is 5.26 Å². The highest BCUT2D eigenvalue weighted by atomic mass is 19.1. The second kappa shape index (κ2) is 5.25. The van der Waals surface area contributed by atoms with Crippen molar-refractivity contribution >= 4 is 5.82 Å². The number of anilines is 1. The first-order chi connectivity index (χ1) is 9.78. The van der Waals surface area contributed by atoms with Gasteiger partial charge in [0.2, 0.25) is 0 Å². The minimum absolute atomic E-state index is 0.0294. The summed E-state index contributed by atoms with van der Waals surface area (Å²) in [6.07, 6.45) is 5.90. The van der Waals surface area contributed by atoms with Crippen molar-refractivity contribution in [2.75, 3.05) is 5.32 Å². The first-order valence-electron chi connectivity index (χ1n) is 6.54. The molecule has 0 aliphatic heterocycles. The van der Waals surface area contributed by atoms with Crippen LogP contribution in [0.2, 0.25) is 0 Å². The molecule has 20 heavy (non-hydrogen) atoms. The van der Waals surface area contributed by atoms with Crippen molar-refractivity contribution in [3.8, 4) is 6.07 Å². The predicted octanol–water partition coefficient (Wildman–Crippen LogP) is 2.98. The van der Waals surface area contributed by atoms with Crippen molar-refractivity contribution in [2.24, 2.45) is 0 Å². The first-order valence-corrected chi connectivity index (χ1v) is 6.54. The number of nitrogens with zero attached hydrogens (tertiary/aromatic N) is 3. The van der Waals surface area contributed by atoms with E-state index in [0.717, 1.165) is 30.4 Å². The molecule has 1 N–H and O–H groups in total. The fourth-order valence-corrected chi connectivity index (χ4v) is 2.61. The molecular weight excluding hydrogens is 255 g/mol.